The average Bonchev–Trinajstić information content (AvgIpc) is 2.77. The van der Waals surface area contributed by atoms with Crippen molar-refractivity contribution in [3.05, 3.63) is 54.4 Å². The van der Waals surface area contributed by atoms with Gasteiger partial charge in [-0.15, -0.1) is 0 Å². The van der Waals surface area contributed by atoms with Gasteiger partial charge in [0.05, 0.1) is 5.52 Å². The van der Waals surface area contributed by atoms with Crippen LogP contribution in [0.3, 0.4) is 0 Å². The second-order valence-electron chi connectivity index (χ2n) is 3.76. The van der Waals surface area contributed by atoms with Gasteiger partial charge in [-0.25, -0.2) is 4.52 Å². The largest absolute Gasteiger partial charge is 0.241 e. The Balaban J connectivity index is 2.10. The van der Waals surface area contributed by atoms with Crippen LogP contribution in [-0.2, 0) is 0 Å². The van der Waals surface area contributed by atoms with Crippen molar-refractivity contribution < 1.29 is 0 Å². The van der Waals surface area contributed by atoms with E-state index in [0.29, 0.717) is 0 Å². The molecule has 0 fully saturated rings. The number of rotatable bonds is 1. The van der Waals surface area contributed by atoms with Gasteiger partial charge >= 0.3 is 0 Å². The van der Waals surface area contributed by atoms with E-state index in [1.165, 1.54) is 17.6 Å². The van der Waals surface area contributed by atoms with Gasteiger partial charge in [0.15, 0.2) is 0 Å². The fourth-order valence-corrected chi connectivity index (χ4v) is 1.93. The molecule has 0 saturated heterocycles. The number of pyridine rings is 1. The summed E-state index contributed by atoms with van der Waals surface area (Å²) in [5.74, 6) is 0. The molecule has 0 N–H and O–H groups in total. The van der Waals surface area contributed by atoms with E-state index in [4.69, 9.17) is 0 Å². The fourth-order valence-electron chi connectivity index (χ4n) is 1.93. The molecule has 0 bridgehead atoms. The minimum Gasteiger partial charge on any atom is -0.241 e. The molecular formula is C13H12N2. The molecule has 2 aromatic heterocycles. The molecule has 3 rings (SSSR count). The maximum atomic E-state index is 4.18. The molecule has 0 amide bonds. The van der Waals surface area contributed by atoms with Crippen LogP contribution in [0, 0.1) is 0 Å². The summed E-state index contributed by atoms with van der Waals surface area (Å²) in [7, 11) is 0. The van der Waals surface area contributed by atoms with Gasteiger partial charge in [0, 0.05) is 12.4 Å². The van der Waals surface area contributed by atoms with Crippen molar-refractivity contribution in [2.45, 2.75) is 12.8 Å². The molecule has 2 aromatic rings. The number of hydrogen-bond donors (Lipinski definition) is 0. The first kappa shape index (κ1) is 8.48. The highest BCUT2D eigenvalue weighted by molar-refractivity contribution is 5.76. The zero-order chi connectivity index (χ0) is 10.1. The molecule has 0 aliphatic heterocycles. The maximum Gasteiger partial charge on any atom is 0.0667 e. The number of allylic oxidation sites excluding steroid dienone is 4. The monoisotopic (exact) mass is 196 g/mol. The number of aromatic nitrogens is 2. The molecule has 0 spiro atoms. The summed E-state index contributed by atoms with van der Waals surface area (Å²) < 4.78 is 1.89. The molecule has 2 heterocycles. The van der Waals surface area contributed by atoms with Crippen molar-refractivity contribution in [3.8, 4) is 0 Å². The quantitative estimate of drug-likeness (QED) is 0.685. The van der Waals surface area contributed by atoms with Gasteiger partial charge in [0.25, 0.3) is 0 Å². The van der Waals surface area contributed by atoms with Gasteiger partial charge in [-0.3, -0.25) is 0 Å². The van der Waals surface area contributed by atoms with Crippen LogP contribution in [-0.4, -0.2) is 9.61 Å². The van der Waals surface area contributed by atoms with Crippen LogP contribution in [0.5, 0.6) is 0 Å². The molecule has 1 aliphatic carbocycles. The van der Waals surface area contributed by atoms with Crippen molar-refractivity contribution in [2.75, 3.05) is 0 Å². The minimum absolute atomic E-state index is 1.15. The van der Waals surface area contributed by atoms with Gasteiger partial charge in [0.2, 0.25) is 0 Å². The Kier molecular flexibility index (Phi) is 1.91. The molecule has 0 saturated carbocycles. The summed E-state index contributed by atoms with van der Waals surface area (Å²) in [6, 6.07) is 6.31. The van der Waals surface area contributed by atoms with Gasteiger partial charge in [-0.2, -0.15) is 5.10 Å². The topological polar surface area (TPSA) is 17.3 Å². The second kappa shape index (κ2) is 3.39. The SMILES string of the molecule is C1=CC(c2ccn3nccc3c2)=CCC1. The zero-order valence-corrected chi connectivity index (χ0v) is 8.43. The van der Waals surface area contributed by atoms with Gasteiger partial charge < -0.3 is 0 Å². The smallest absolute Gasteiger partial charge is 0.0667 e. The second-order valence-corrected chi connectivity index (χ2v) is 3.76. The Morgan fingerprint density at radius 3 is 3.07 bits per heavy atom. The standard InChI is InChI=1S/C13H12N2/c1-2-4-11(5-3-1)12-7-9-15-13(10-12)6-8-14-15/h2,4-10H,1,3H2. The lowest BCUT2D eigenvalue weighted by atomic mass is 10.0. The molecule has 15 heavy (non-hydrogen) atoms. The van der Waals surface area contributed by atoms with Crippen molar-refractivity contribution in [3.63, 3.8) is 0 Å². The van der Waals surface area contributed by atoms with Crippen molar-refractivity contribution in [1.82, 2.24) is 9.61 Å². The summed E-state index contributed by atoms with van der Waals surface area (Å²) in [6.45, 7) is 0. The molecule has 74 valence electrons. The first-order valence-corrected chi connectivity index (χ1v) is 5.24. The van der Waals surface area contributed by atoms with Crippen LogP contribution in [0.4, 0.5) is 0 Å². The maximum absolute atomic E-state index is 4.18. The molecule has 0 aromatic carbocycles. The highest BCUT2D eigenvalue weighted by Crippen LogP contribution is 2.22. The van der Waals surface area contributed by atoms with Crippen molar-refractivity contribution in [1.29, 1.82) is 0 Å². The third-order valence-electron chi connectivity index (χ3n) is 2.73. The van der Waals surface area contributed by atoms with E-state index in [-0.39, 0.29) is 0 Å². The van der Waals surface area contributed by atoms with Crippen LogP contribution in [0.1, 0.15) is 18.4 Å². The van der Waals surface area contributed by atoms with E-state index >= 15 is 0 Å². The molecule has 0 radical (unpaired) electrons. The van der Waals surface area contributed by atoms with Crippen LogP contribution in [0.15, 0.2) is 48.8 Å². The number of hydrogen-bond acceptors (Lipinski definition) is 1. The highest BCUT2D eigenvalue weighted by Gasteiger charge is 2.02. The first-order valence-electron chi connectivity index (χ1n) is 5.24. The molecule has 0 atom stereocenters. The predicted molar refractivity (Wildman–Crippen MR) is 61.5 cm³/mol. The number of nitrogens with zero attached hydrogens (tertiary/aromatic N) is 2. The molecule has 1 aliphatic rings. The highest BCUT2D eigenvalue weighted by atomic mass is 15.2. The molecule has 2 heteroatoms. The zero-order valence-electron chi connectivity index (χ0n) is 8.43. The molecule has 2 nitrogen and oxygen atoms in total. The van der Waals surface area contributed by atoms with E-state index < -0.39 is 0 Å². The Morgan fingerprint density at radius 1 is 1.20 bits per heavy atom. The third kappa shape index (κ3) is 1.48. The Labute approximate surface area is 88.5 Å². The van der Waals surface area contributed by atoms with E-state index in [9.17, 15) is 0 Å². The summed E-state index contributed by atoms with van der Waals surface area (Å²) in [6.07, 6.45) is 12.9. The Morgan fingerprint density at radius 2 is 2.20 bits per heavy atom. The summed E-state index contributed by atoms with van der Waals surface area (Å²) in [5, 5.41) is 4.18. The fraction of sp³-hybridized carbons (Fsp3) is 0.154. The van der Waals surface area contributed by atoms with Crippen LogP contribution in [0.25, 0.3) is 11.1 Å². The van der Waals surface area contributed by atoms with E-state index in [0.717, 1.165) is 11.9 Å². The van der Waals surface area contributed by atoms with Crippen LogP contribution in [0.2, 0.25) is 0 Å². The summed E-state index contributed by atoms with van der Waals surface area (Å²) in [4.78, 5) is 0. The van der Waals surface area contributed by atoms with E-state index in [2.05, 4.69) is 35.5 Å². The summed E-state index contributed by atoms with van der Waals surface area (Å²) >= 11 is 0. The molecular weight excluding hydrogens is 184 g/mol. The lowest BCUT2D eigenvalue weighted by Crippen LogP contribution is -1.90. The van der Waals surface area contributed by atoms with Crippen molar-refractivity contribution >= 4 is 11.1 Å². The van der Waals surface area contributed by atoms with E-state index in [1.54, 1.807) is 0 Å². The number of fused-ring (bicyclic) bond motifs is 1. The van der Waals surface area contributed by atoms with Gasteiger partial charge in [-0.05, 0) is 42.2 Å². The van der Waals surface area contributed by atoms with E-state index in [1.807, 2.05) is 23.0 Å². The molecule has 0 unspecified atom stereocenters. The minimum atomic E-state index is 1.15. The van der Waals surface area contributed by atoms with Gasteiger partial charge in [-0.1, -0.05) is 18.2 Å². The van der Waals surface area contributed by atoms with Crippen LogP contribution >= 0.6 is 0 Å². The predicted octanol–water partition coefficient (Wildman–Crippen LogP) is 3.07. The third-order valence-corrected chi connectivity index (χ3v) is 2.73. The Hall–Kier alpha value is -1.83. The average molecular weight is 196 g/mol. The normalized spacial score (nSPS) is 15.6. The Bertz CT molecular complexity index is 546. The lowest BCUT2D eigenvalue weighted by molar-refractivity contribution is 0.959. The van der Waals surface area contributed by atoms with Crippen LogP contribution < -0.4 is 0 Å². The lowest BCUT2D eigenvalue weighted by Gasteiger charge is -2.07. The summed E-state index contributed by atoms with van der Waals surface area (Å²) in [5.41, 5.74) is 3.75. The van der Waals surface area contributed by atoms with Crippen molar-refractivity contribution in [2.24, 2.45) is 0 Å². The van der Waals surface area contributed by atoms with Gasteiger partial charge in [0.1, 0.15) is 0 Å². The first-order chi connectivity index (χ1) is 7.43.